The molecule has 0 saturated carbocycles. The Labute approximate surface area is 206 Å². The molecule has 0 amide bonds. The Morgan fingerprint density at radius 1 is 0.400 bits per heavy atom. The van der Waals surface area contributed by atoms with E-state index in [4.69, 9.17) is 4.74 Å². The van der Waals surface area contributed by atoms with Crippen LogP contribution in [0.5, 0.6) is 11.5 Å². The van der Waals surface area contributed by atoms with Crippen molar-refractivity contribution in [3.8, 4) is 11.5 Å². The third kappa shape index (κ3) is 5.15. The van der Waals surface area contributed by atoms with E-state index in [1.54, 1.807) is 0 Å². The third-order valence-electron chi connectivity index (χ3n) is 5.96. The van der Waals surface area contributed by atoms with Crippen molar-refractivity contribution in [3.63, 3.8) is 0 Å². The molecule has 0 aliphatic carbocycles. The van der Waals surface area contributed by atoms with E-state index >= 15 is 0 Å². The molecule has 0 heterocycles. The maximum Gasteiger partial charge on any atom is 0.135 e. The van der Waals surface area contributed by atoms with Crippen molar-refractivity contribution < 1.29 is 4.74 Å². The van der Waals surface area contributed by atoms with Crippen LogP contribution in [0.3, 0.4) is 0 Å². The Balaban J connectivity index is 0.000000158. The molecule has 1 heteroatoms. The molecule has 0 spiro atoms. The van der Waals surface area contributed by atoms with Crippen molar-refractivity contribution in [1.82, 2.24) is 0 Å². The first kappa shape index (κ1) is 22.2. The maximum atomic E-state index is 6.20. The minimum Gasteiger partial charge on any atom is -0.456 e. The summed E-state index contributed by atoms with van der Waals surface area (Å²) in [6, 6.07) is 49.3. The Morgan fingerprint density at radius 3 is 1.23 bits per heavy atom. The summed E-state index contributed by atoms with van der Waals surface area (Å²) in [5, 5.41) is 4.64. The van der Waals surface area contributed by atoms with Crippen molar-refractivity contribution in [1.29, 1.82) is 0 Å². The zero-order chi connectivity index (χ0) is 23.9. The highest BCUT2D eigenvalue weighted by molar-refractivity contribution is 5.91. The standard InChI is InChI=1S/C20H14O.C14H12/c1-3-11-17-15(7-1)9-5-13-19(17)21-20-14-6-10-16-8-2-4-12-18(16)20;1-12(13-8-4-2-5-9-13)14-10-6-3-7-11-14/h1-14H;2-11H,1H2. The van der Waals surface area contributed by atoms with Gasteiger partial charge in [-0.3, -0.25) is 0 Å². The van der Waals surface area contributed by atoms with Crippen molar-refractivity contribution in [2.24, 2.45) is 0 Å². The van der Waals surface area contributed by atoms with E-state index in [2.05, 4.69) is 67.2 Å². The summed E-state index contributed by atoms with van der Waals surface area (Å²) in [6.45, 7) is 4.10. The van der Waals surface area contributed by atoms with Gasteiger partial charge >= 0.3 is 0 Å². The predicted octanol–water partition coefficient (Wildman–Crippen LogP) is 9.53. The number of rotatable bonds is 4. The van der Waals surface area contributed by atoms with Gasteiger partial charge in [0.1, 0.15) is 11.5 Å². The zero-order valence-corrected chi connectivity index (χ0v) is 19.5. The molecule has 6 rings (SSSR count). The second kappa shape index (κ2) is 10.5. The fourth-order valence-electron chi connectivity index (χ4n) is 4.13. The minimum atomic E-state index is 0.893. The lowest BCUT2D eigenvalue weighted by Crippen LogP contribution is -1.87. The number of fused-ring (bicyclic) bond motifs is 2. The number of ether oxygens (including phenoxy) is 1. The second-order valence-corrected chi connectivity index (χ2v) is 8.27. The molecular formula is C34H26O. The number of benzene rings is 6. The van der Waals surface area contributed by atoms with Crippen LogP contribution in [0.1, 0.15) is 11.1 Å². The fraction of sp³-hybridized carbons (Fsp3) is 0. The van der Waals surface area contributed by atoms with Crippen molar-refractivity contribution in [3.05, 3.63) is 163 Å². The quantitative estimate of drug-likeness (QED) is 0.260. The van der Waals surface area contributed by atoms with Gasteiger partial charge in [-0.05, 0) is 39.6 Å². The highest BCUT2D eigenvalue weighted by Crippen LogP contribution is 2.33. The molecule has 6 aromatic rings. The monoisotopic (exact) mass is 450 g/mol. The van der Waals surface area contributed by atoms with Crippen LogP contribution in [0.2, 0.25) is 0 Å². The molecule has 168 valence electrons. The molecule has 0 atom stereocenters. The van der Waals surface area contributed by atoms with E-state index in [-0.39, 0.29) is 0 Å². The van der Waals surface area contributed by atoms with Crippen LogP contribution in [-0.4, -0.2) is 0 Å². The van der Waals surface area contributed by atoms with Gasteiger partial charge in [-0.2, -0.15) is 0 Å². The molecule has 0 aromatic heterocycles. The van der Waals surface area contributed by atoms with Crippen LogP contribution >= 0.6 is 0 Å². The molecule has 0 saturated heterocycles. The Bertz CT molecular complexity index is 1440. The summed E-state index contributed by atoms with van der Waals surface area (Å²) < 4.78 is 6.20. The van der Waals surface area contributed by atoms with Gasteiger partial charge in [0.05, 0.1) is 0 Å². The van der Waals surface area contributed by atoms with Gasteiger partial charge in [0.2, 0.25) is 0 Å². The van der Waals surface area contributed by atoms with E-state index in [0.29, 0.717) is 0 Å². The molecule has 0 aliphatic heterocycles. The summed E-state index contributed by atoms with van der Waals surface area (Å²) in [7, 11) is 0. The molecule has 6 aromatic carbocycles. The van der Waals surface area contributed by atoms with Crippen LogP contribution in [-0.2, 0) is 0 Å². The van der Waals surface area contributed by atoms with Crippen LogP contribution in [0.4, 0.5) is 0 Å². The second-order valence-electron chi connectivity index (χ2n) is 8.27. The molecule has 0 unspecified atom stereocenters. The van der Waals surface area contributed by atoms with Gasteiger partial charge in [0.15, 0.2) is 0 Å². The van der Waals surface area contributed by atoms with Crippen LogP contribution in [0.15, 0.2) is 152 Å². The third-order valence-corrected chi connectivity index (χ3v) is 5.96. The highest BCUT2D eigenvalue weighted by Gasteiger charge is 2.06. The molecule has 0 fully saturated rings. The van der Waals surface area contributed by atoms with E-state index in [9.17, 15) is 0 Å². The Kier molecular flexibility index (Phi) is 6.68. The van der Waals surface area contributed by atoms with E-state index in [1.807, 2.05) is 84.9 Å². The molecular weight excluding hydrogens is 424 g/mol. The molecule has 0 aliphatic rings. The molecule has 35 heavy (non-hydrogen) atoms. The van der Waals surface area contributed by atoms with Gasteiger partial charge in [-0.1, -0.05) is 140 Å². The van der Waals surface area contributed by atoms with E-state index < -0.39 is 0 Å². The first-order valence-corrected chi connectivity index (χ1v) is 11.7. The van der Waals surface area contributed by atoms with Crippen molar-refractivity contribution in [2.45, 2.75) is 0 Å². The zero-order valence-electron chi connectivity index (χ0n) is 19.5. The normalized spacial score (nSPS) is 10.4. The smallest absolute Gasteiger partial charge is 0.135 e. The summed E-state index contributed by atoms with van der Waals surface area (Å²) in [5.74, 6) is 1.79. The average molecular weight is 451 g/mol. The number of hydrogen-bond acceptors (Lipinski definition) is 1. The lowest BCUT2D eigenvalue weighted by Gasteiger charge is -2.11. The van der Waals surface area contributed by atoms with Crippen LogP contribution in [0.25, 0.3) is 27.1 Å². The minimum absolute atomic E-state index is 0.893. The highest BCUT2D eigenvalue weighted by atomic mass is 16.5. The van der Waals surface area contributed by atoms with Gasteiger partial charge in [0.25, 0.3) is 0 Å². The number of hydrogen-bond donors (Lipinski definition) is 0. The SMILES string of the molecule is C=C(c1ccccc1)c1ccccc1.c1ccc2c(Oc3cccc4ccccc34)cccc2c1. The predicted molar refractivity (Wildman–Crippen MR) is 149 cm³/mol. The first-order chi connectivity index (χ1) is 17.3. The van der Waals surface area contributed by atoms with Gasteiger partial charge in [-0.15, -0.1) is 0 Å². The topological polar surface area (TPSA) is 9.23 Å². The molecule has 0 radical (unpaired) electrons. The maximum absolute atomic E-state index is 6.20. The van der Waals surface area contributed by atoms with Crippen molar-refractivity contribution >= 4 is 27.1 Å². The van der Waals surface area contributed by atoms with Crippen molar-refractivity contribution in [2.75, 3.05) is 0 Å². The Morgan fingerprint density at radius 2 is 0.771 bits per heavy atom. The van der Waals surface area contributed by atoms with Gasteiger partial charge < -0.3 is 4.74 Å². The van der Waals surface area contributed by atoms with E-state index in [1.165, 1.54) is 21.9 Å². The lowest BCUT2D eigenvalue weighted by atomic mass is 10.0. The summed E-state index contributed by atoms with van der Waals surface area (Å²) in [6.07, 6.45) is 0. The van der Waals surface area contributed by atoms with Crippen LogP contribution < -0.4 is 4.74 Å². The first-order valence-electron chi connectivity index (χ1n) is 11.7. The average Bonchev–Trinajstić information content (AvgIpc) is 2.94. The van der Waals surface area contributed by atoms with E-state index in [0.717, 1.165) is 27.8 Å². The lowest BCUT2D eigenvalue weighted by molar-refractivity contribution is 0.494. The molecule has 0 bridgehead atoms. The summed E-state index contributed by atoms with van der Waals surface area (Å²) in [5.41, 5.74) is 3.43. The van der Waals surface area contributed by atoms with Gasteiger partial charge in [0, 0.05) is 10.8 Å². The summed E-state index contributed by atoms with van der Waals surface area (Å²) >= 11 is 0. The van der Waals surface area contributed by atoms with Gasteiger partial charge in [-0.25, -0.2) is 0 Å². The molecule has 1 nitrogen and oxygen atoms in total. The largest absolute Gasteiger partial charge is 0.456 e. The summed E-state index contributed by atoms with van der Waals surface area (Å²) in [4.78, 5) is 0. The molecule has 0 N–H and O–H groups in total. The Hall–Kier alpha value is -4.62. The fourth-order valence-corrected chi connectivity index (χ4v) is 4.13. The van der Waals surface area contributed by atoms with Crippen LogP contribution in [0, 0.1) is 0 Å².